The smallest absolute Gasteiger partial charge is 0.268 e. The van der Waals surface area contributed by atoms with Crippen LogP contribution in [0.1, 0.15) is 11.1 Å². The highest BCUT2D eigenvalue weighted by molar-refractivity contribution is 6.03. The lowest BCUT2D eigenvalue weighted by Gasteiger charge is -2.25. The first kappa shape index (κ1) is 13.1. The van der Waals surface area contributed by atoms with Gasteiger partial charge in [-0.05, 0) is 12.5 Å². The van der Waals surface area contributed by atoms with E-state index in [0.717, 1.165) is 22.4 Å². The van der Waals surface area contributed by atoms with Gasteiger partial charge in [-0.15, -0.1) is 0 Å². The predicted molar refractivity (Wildman–Crippen MR) is 83.7 cm³/mol. The van der Waals surface area contributed by atoms with Gasteiger partial charge >= 0.3 is 0 Å². The van der Waals surface area contributed by atoms with Crippen molar-refractivity contribution in [2.75, 3.05) is 5.43 Å². The summed E-state index contributed by atoms with van der Waals surface area (Å²) >= 11 is 0. The topological polar surface area (TPSA) is 93.2 Å². The van der Waals surface area contributed by atoms with Crippen LogP contribution in [0.2, 0.25) is 0 Å². The molecule has 1 aliphatic heterocycles. The zero-order valence-electron chi connectivity index (χ0n) is 11.6. The van der Waals surface area contributed by atoms with Crippen molar-refractivity contribution in [1.29, 1.82) is 0 Å². The second-order valence-corrected chi connectivity index (χ2v) is 5.00. The van der Waals surface area contributed by atoms with Crippen molar-refractivity contribution < 1.29 is 4.79 Å². The molecule has 0 atom stereocenters. The molecule has 2 aromatic rings. The minimum absolute atomic E-state index is 0.184. The van der Waals surface area contributed by atoms with Crippen LogP contribution in [0.3, 0.4) is 0 Å². The van der Waals surface area contributed by atoms with E-state index in [1.807, 2.05) is 43.3 Å². The molecular formula is C16H16N4O. The molecule has 5 nitrogen and oxygen atoms in total. The number of hydrogen-bond donors (Lipinski definition) is 4. The normalized spacial score (nSPS) is 13.2. The summed E-state index contributed by atoms with van der Waals surface area (Å²) < 4.78 is 0. The molecule has 0 aromatic heterocycles. The number of fused-ring (bicyclic) bond motifs is 1. The minimum atomic E-state index is -0.591. The summed E-state index contributed by atoms with van der Waals surface area (Å²) in [7, 11) is 0. The molecule has 0 bridgehead atoms. The average molecular weight is 280 g/mol. The van der Waals surface area contributed by atoms with E-state index in [9.17, 15) is 4.79 Å². The van der Waals surface area contributed by atoms with Crippen LogP contribution in [0.25, 0.3) is 16.8 Å². The summed E-state index contributed by atoms with van der Waals surface area (Å²) in [4.78, 5) is 11.4. The van der Waals surface area contributed by atoms with Crippen molar-refractivity contribution >= 4 is 17.3 Å². The zero-order valence-corrected chi connectivity index (χ0v) is 11.6. The summed E-state index contributed by atoms with van der Waals surface area (Å²) in [6, 6.07) is 14.0. The number of benzene rings is 2. The highest BCUT2D eigenvalue weighted by Crippen LogP contribution is 2.35. The van der Waals surface area contributed by atoms with Crippen LogP contribution in [0.5, 0.6) is 0 Å². The number of carbonyl (C=O) groups excluding carboxylic acids is 1. The molecular weight excluding hydrogens is 264 g/mol. The number of primary amides is 1. The summed E-state index contributed by atoms with van der Waals surface area (Å²) in [5, 5.41) is 0. The monoisotopic (exact) mass is 280 g/mol. The maximum absolute atomic E-state index is 11.4. The Balaban J connectivity index is 2.19. The number of nitrogens with one attached hydrogen (secondary N) is 2. The molecule has 0 unspecified atom stereocenters. The van der Waals surface area contributed by atoms with E-state index < -0.39 is 5.91 Å². The number of nitrogens with two attached hydrogens (primary N) is 2. The van der Waals surface area contributed by atoms with Crippen LogP contribution >= 0.6 is 0 Å². The Morgan fingerprint density at radius 3 is 2.48 bits per heavy atom. The number of anilines is 1. The fourth-order valence-corrected chi connectivity index (χ4v) is 2.49. The molecule has 2 aromatic carbocycles. The number of aryl methyl sites for hydroxylation is 1. The summed E-state index contributed by atoms with van der Waals surface area (Å²) in [5.74, 6) is -0.591. The van der Waals surface area contributed by atoms with Crippen LogP contribution in [-0.4, -0.2) is 5.91 Å². The number of carbonyl (C=O) groups is 1. The molecule has 6 N–H and O–H groups in total. The molecule has 0 saturated heterocycles. The molecule has 0 aliphatic carbocycles. The van der Waals surface area contributed by atoms with Gasteiger partial charge in [-0.2, -0.15) is 0 Å². The van der Waals surface area contributed by atoms with Gasteiger partial charge in [-0.1, -0.05) is 48.0 Å². The van der Waals surface area contributed by atoms with Gasteiger partial charge in [0.05, 0.1) is 11.4 Å². The summed E-state index contributed by atoms with van der Waals surface area (Å²) in [6.07, 6.45) is 0. The van der Waals surface area contributed by atoms with Gasteiger partial charge in [-0.3, -0.25) is 15.6 Å². The summed E-state index contributed by atoms with van der Waals surface area (Å²) in [6.45, 7) is 2.05. The molecule has 1 aliphatic rings. The molecule has 106 valence electrons. The molecule has 0 radical (unpaired) electrons. The minimum Gasteiger partial charge on any atom is -0.396 e. The van der Waals surface area contributed by atoms with Gasteiger partial charge < -0.3 is 11.5 Å². The van der Waals surface area contributed by atoms with Crippen molar-refractivity contribution in [1.82, 2.24) is 5.43 Å². The lowest BCUT2D eigenvalue weighted by molar-refractivity contribution is -0.114. The van der Waals surface area contributed by atoms with Crippen LogP contribution in [0.4, 0.5) is 5.69 Å². The Morgan fingerprint density at radius 2 is 1.76 bits per heavy atom. The third-order valence-electron chi connectivity index (χ3n) is 3.51. The van der Waals surface area contributed by atoms with E-state index in [1.54, 1.807) is 0 Å². The lowest BCUT2D eigenvalue weighted by atomic mass is 9.96. The maximum Gasteiger partial charge on any atom is 0.268 e. The Kier molecular flexibility index (Phi) is 3.02. The fraction of sp³-hybridized carbons (Fsp3) is 0.0625. The SMILES string of the molecule is Cc1cccc(-c2cccc3c2NNC(C(N)=O)=C3N)c1. The van der Waals surface area contributed by atoms with Crippen molar-refractivity contribution in [2.24, 2.45) is 11.5 Å². The maximum atomic E-state index is 11.4. The third kappa shape index (κ3) is 2.18. The first-order valence-electron chi connectivity index (χ1n) is 6.60. The first-order chi connectivity index (χ1) is 10.1. The largest absolute Gasteiger partial charge is 0.396 e. The van der Waals surface area contributed by atoms with E-state index in [1.165, 1.54) is 5.56 Å². The molecule has 0 spiro atoms. The van der Waals surface area contributed by atoms with E-state index in [0.29, 0.717) is 5.70 Å². The Bertz CT molecular complexity index is 765. The van der Waals surface area contributed by atoms with Gasteiger partial charge in [0.1, 0.15) is 5.70 Å². The zero-order chi connectivity index (χ0) is 15.0. The quantitative estimate of drug-likeness (QED) is 0.673. The Morgan fingerprint density at radius 1 is 1.05 bits per heavy atom. The molecule has 1 amide bonds. The second-order valence-electron chi connectivity index (χ2n) is 5.00. The molecule has 21 heavy (non-hydrogen) atoms. The van der Waals surface area contributed by atoms with Crippen LogP contribution in [0, 0.1) is 6.92 Å². The second kappa shape index (κ2) is 4.86. The van der Waals surface area contributed by atoms with Crippen LogP contribution < -0.4 is 22.3 Å². The van der Waals surface area contributed by atoms with E-state index in [-0.39, 0.29) is 5.70 Å². The summed E-state index contributed by atoms with van der Waals surface area (Å²) in [5.41, 5.74) is 22.6. The molecule has 0 saturated carbocycles. The third-order valence-corrected chi connectivity index (χ3v) is 3.51. The number of amides is 1. The fourth-order valence-electron chi connectivity index (χ4n) is 2.49. The van der Waals surface area contributed by atoms with E-state index in [4.69, 9.17) is 11.5 Å². The highest BCUT2D eigenvalue weighted by atomic mass is 16.1. The number of rotatable bonds is 2. The van der Waals surface area contributed by atoms with Gasteiger partial charge in [0, 0.05) is 11.1 Å². The van der Waals surface area contributed by atoms with Gasteiger partial charge in [0.2, 0.25) is 0 Å². The lowest BCUT2D eigenvalue weighted by Crippen LogP contribution is -2.36. The van der Waals surface area contributed by atoms with Gasteiger partial charge in [-0.25, -0.2) is 0 Å². The van der Waals surface area contributed by atoms with Crippen LogP contribution in [0.15, 0.2) is 48.2 Å². The Hall–Kier alpha value is -2.95. The van der Waals surface area contributed by atoms with Gasteiger partial charge in [0.25, 0.3) is 5.91 Å². The first-order valence-corrected chi connectivity index (χ1v) is 6.60. The number of hydrazine groups is 1. The van der Waals surface area contributed by atoms with E-state index >= 15 is 0 Å². The van der Waals surface area contributed by atoms with Crippen LogP contribution in [-0.2, 0) is 4.79 Å². The van der Waals surface area contributed by atoms with E-state index in [2.05, 4.69) is 16.9 Å². The van der Waals surface area contributed by atoms with Crippen molar-refractivity contribution in [2.45, 2.75) is 6.92 Å². The molecule has 5 heteroatoms. The Labute approximate surface area is 122 Å². The standard InChI is InChI=1S/C16H16N4O/c1-9-4-2-5-10(8-9)11-6-3-7-12-13(17)15(16(18)21)20-19-14(11)12/h2-8,19-20H,17H2,1H3,(H2,18,21). The highest BCUT2D eigenvalue weighted by Gasteiger charge is 2.22. The molecule has 1 heterocycles. The number of para-hydroxylation sites is 1. The average Bonchev–Trinajstić information content (AvgIpc) is 2.47. The van der Waals surface area contributed by atoms with Gasteiger partial charge in [0.15, 0.2) is 0 Å². The molecule has 0 fully saturated rings. The van der Waals surface area contributed by atoms with Crippen molar-refractivity contribution in [3.8, 4) is 11.1 Å². The predicted octanol–water partition coefficient (Wildman–Crippen LogP) is 1.70. The molecule has 3 rings (SSSR count). The van der Waals surface area contributed by atoms with Crippen molar-refractivity contribution in [3.63, 3.8) is 0 Å². The number of hydrogen-bond acceptors (Lipinski definition) is 4. The van der Waals surface area contributed by atoms with Crippen molar-refractivity contribution in [3.05, 3.63) is 59.3 Å².